The van der Waals surface area contributed by atoms with Crippen LogP contribution in [0.15, 0.2) is 30.6 Å². The zero-order valence-electron chi connectivity index (χ0n) is 8.46. The number of rotatable bonds is 1. The first kappa shape index (κ1) is 17.1. The summed E-state index contributed by atoms with van der Waals surface area (Å²) < 4.78 is 60.1. The van der Waals surface area contributed by atoms with Crippen LogP contribution in [0.25, 0.3) is 0 Å². The Bertz CT molecular complexity index is 217. The Labute approximate surface area is 89.3 Å². The van der Waals surface area contributed by atoms with Crippen molar-refractivity contribution >= 4 is 0 Å². The number of aryl methyl sites for hydroxylation is 1. The molecule has 0 fully saturated rings. The molecule has 1 heterocycles. The molecule has 0 N–H and O–H groups in total. The van der Waals surface area contributed by atoms with E-state index in [1.54, 1.807) is 0 Å². The number of aromatic nitrogens is 1. The summed E-state index contributed by atoms with van der Waals surface area (Å²) in [5.74, 6) is 0. The lowest BCUT2D eigenvalue weighted by molar-refractivity contribution is -0.693. The third-order valence-electron chi connectivity index (χ3n) is 1.14. The third kappa shape index (κ3) is 23.0. The number of halogens is 6. The first-order chi connectivity index (χ1) is 7.40. The molecule has 0 unspecified atom stereocenters. The van der Waals surface area contributed by atoms with Gasteiger partial charge in [-0.15, -0.1) is 0 Å². The van der Waals surface area contributed by atoms with Crippen LogP contribution < -0.4 is 4.57 Å². The van der Waals surface area contributed by atoms with Crippen molar-refractivity contribution in [3.63, 3.8) is 0 Å². The molecule has 0 bridgehead atoms. The number of pyridine rings is 1. The van der Waals surface area contributed by atoms with Gasteiger partial charge in [0.2, 0.25) is 0 Å². The highest BCUT2D eigenvalue weighted by atomic mass is 19.4. The van der Waals surface area contributed by atoms with Gasteiger partial charge in [0.05, 0.1) is 0 Å². The molecule has 16 heavy (non-hydrogen) atoms. The Morgan fingerprint density at radius 1 is 0.812 bits per heavy atom. The third-order valence-corrected chi connectivity index (χ3v) is 1.14. The van der Waals surface area contributed by atoms with Crippen molar-refractivity contribution in [1.29, 1.82) is 0 Å². The smallest absolute Gasteiger partial charge is 0.205 e. The molecule has 0 aliphatic carbocycles. The maximum Gasteiger partial charge on any atom is 0.379 e. The molecular formula is C9H12F6N+. The standard InChI is InChI=1S/C7H10N.2CHF3/c1-2-8-6-4-3-5-7-8;2*2-1(3)4/h3-7H,2H2,1H3;2*1H/q+1;;. The highest BCUT2D eigenvalue weighted by Crippen LogP contribution is 1.87. The number of hydrogen-bond donors (Lipinski definition) is 0. The molecule has 0 aromatic carbocycles. The van der Waals surface area contributed by atoms with E-state index in [1.807, 2.05) is 18.2 Å². The lowest BCUT2D eigenvalue weighted by atomic mass is 10.5. The lowest BCUT2D eigenvalue weighted by Gasteiger charge is -1.84. The molecule has 94 valence electrons. The van der Waals surface area contributed by atoms with Crippen molar-refractivity contribution in [3.8, 4) is 0 Å². The first-order valence-electron chi connectivity index (χ1n) is 4.18. The van der Waals surface area contributed by atoms with E-state index in [0.29, 0.717) is 0 Å². The lowest BCUT2D eigenvalue weighted by Crippen LogP contribution is -2.30. The van der Waals surface area contributed by atoms with Gasteiger partial charge in [-0.3, -0.25) is 0 Å². The maximum absolute atomic E-state index is 9.67. The fourth-order valence-corrected chi connectivity index (χ4v) is 0.645. The zero-order chi connectivity index (χ0) is 13.0. The van der Waals surface area contributed by atoms with Crippen LogP contribution in [0, 0.1) is 0 Å². The van der Waals surface area contributed by atoms with Crippen LogP contribution in [-0.2, 0) is 6.54 Å². The van der Waals surface area contributed by atoms with Crippen molar-refractivity contribution in [1.82, 2.24) is 0 Å². The molecule has 1 aromatic rings. The molecule has 0 aliphatic heterocycles. The largest absolute Gasteiger partial charge is 0.379 e. The number of nitrogens with zero attached hydrogens (tertiary/aromatic N) is 1. The van der Waals surface area contributed by atoms with Gasteiger partial charge in [0.1, 0.15) is 6.54 Å². The Morgan fingerprint density at radius 2 is 1.12 bits per heavy atom. The normalized spacial score (nSPS) is 9.06. The summed E-state index contributed by atoms with van der Waals surface area (Å²) in [6.45, 7) is -4.15. The molecule has 1 aromatic heterocycles. The molecule has 0 atom stereocenters. The van der Waals surface area contributed by atoms with E-state index in [4.69, 9.17) is 0 Å². The van der Waals surface area contributed by atoms with Gasteiger partial charge in [0.15, 0.2) is 12.4 Å². The van der Waals surface area contributed by atoms with Gasteiger partial charge in [-0.05, 0) is 6.92 Å². The Kier molecular flexibility index (Phi) is 12.6. The van der Waals surface area contributed by atoms with E-state index in [-0.39, 0.29) is 0 Å². The van der Waals surface area contributed by atoms with E-state index in [9.17, 15) is 26.3 Å². The van der Waals surface area contributed by atoms with Crippen LogP contribution in [0.3, 0.4) is 0 Å². The minimum absolute atomic E-state index is 1.06. The summed E-state index contributed by atoms with van der Waals surface area (Å²) >= 11 is 0. The second-order valence-corrected chi connectivity index (χ2v) is 2.20. The van der Waals surface area contributed by atoms with Gasteiger partial charge in [-0.25, -0.2) is 4.57 Å². The van der Waals surface area contributed by atoms with Gasteiger partial charge >= 0.3 is 13.4 Å². The van der Waals surface area contributed by atoms with Crippen LogP contribution in [-0.4, -0.2) is 13.4 Å². The van der Waals surface area contributed by atoms with E-state index in [1.165, 1.54) is 0 Å². The Balaban J connectivity index is 0. The molecule has 7 heteroatoms. The molecule has 0 spiro atoms. The second kappa shape index (κ2) is 11.8. The van der Waals surface area contributed by atoms with Crippen molar-refractivity contribution < 1.29 is 30.9 Å². The Hall–Kier alpha value is -1.27. The van der Waals surface area contributed by atoms with Crippen molar-refractivity contribution in [2.24, 2.45) is 0 Å². The van der Waals surface area contributed by atoms with Crippen molar-refractivity contribution in [2.75, 3.05) is 0 Å². The van der Waals surface area contributed by atoms with Crippen LogP contribution in [0.4, 0.5) is 26.3 Å². The summed E-state index contributed by atoms with van der Waals surface area (Å²) in [6.07, 6.45) is 4.11. The number of hydrogen-bond acceptors (Lipinski definition) is 0. The topological polar surface area (TPSA) is 3.88 Å². The van der Waals surface area contributed by atoms with E-state index >= 15 is 0 Å². The predicted molar refractivity (Wildman–Crippen MR) is 46.5 cm³/mol. The summed E-state index contributed by atoms with van der Waals surface area (Å²) in [5, 5.41) is 0. The fraction of sp³-hybridized carbons (Fsp3) is 0.444. The predicted octanol–water partition coefficient (Wildman–Crippen LogP) is 3.35. The molecule has 0 aliphatic rings. The summed E-state index contributed by atoms with van der Waals surface area (Å²) in [5.41, 5.74) is 0. The molecule has 1 rings (SSSR count). The summed E-state index contributed by atoms with van der Waals surface area (Å²) in [6, 6.07) is 6.08. The molecule has 0 radical (unpaired) electrons. The van der Waals surface area contributed by atoms with Crippen LogP contribution >= 0.6 is 0 Å². The second-order valence-electron chi connectivity index (χ2n) is 2.20. The average Bonchev–Trinajstić information content (AvgIpc) is 2.17. The van der Waals surface area contributed by atoms with Crippen LogP contribution in [0.1, 0.15) is 6.92 Å². The zero-order valence-corrected chi connectivity index (χ0v) is 8.46. The minimum atomic E-state index is -3.67. The molecule has 0 saturated carbocycles. The SMILES string of the molecule is CC[n+]1ccccc1.FC(F)F.FC(F)F. The molecule has 0 saturated heterocycles. The van der Waals surface area contributed by atoms with Crippen LogP contribution in [0.2, 0.25) is 0 Å². The fourth-order valence-electron chi connectivity index (χ4n) is 0.645. The van der Waals surface area contributed by atoms with Gasteiger partial charge in [-0.2, -0.15) is 26.3 Å². The van der Waals surface area contributed by atoms with Crippen LogP contribution in [0.5, 0.6) is 0 Å². The summed E-state index contributed by atoms with van der Waals surface area (Å²) in [7, 11) is 0. The number of alkyl halides is 6. The van der Waals surface area contributed by atoms with Gasteiger partial charge in [-0.1, -0.05) is 6.07 Å². The van der Waals surface area contributed by atoms with Gasteiger partial charge in [0.25, 0.3) is 0 Å². The van der Waals surface area contributed by atoms with Gasteiger partial charge in [0, 0.05) is 12.1 Å². The molecular weight excluding hydrogens is 236 g/mol. The monoisotopic (exact) mass is 248 g/mol. The highest BCUT2D eigenvalue weighted by molar-refractivity contribution is 4.83. The highest BCUT2D eigenvalue weighted by Gasteiger charge is 1.87. The quantitative estimate of drug-likeness (QED) is 0.530. The average molecular weight is 248 g/mol. The Morgan fingerprint density at radius 3 is 1.31 bits per heavy atom. The minimum Gasteiger partial charge on any atom is -0.205 e. The molecule has 0 amide bonds. The van der Waals surface area contributed by atoms with Crippen molar-refractivity contribution in [3.05, 3.63) is 30.6 Å². The van der Waals surface area contributed by atoms with Gasteiger partial charge < -0.3 is 0 Å². The van der Waals surface area contributed by atoms with E-state index in [0.717, 1.165) is 6.54 Å². The molecule has 1 nitrogen and oxygen atoms in total. The maximum atomic E-state index is 9.67. The van der Waals surface area contributed by atoms with Crippen molar-refractivity contribution in [2.45, 2.75) is 26.8 Å². The van der Waals surface area contributed by atoms with E-state index in [2.05, 4.69) is 23.9 Å². The first-order valence-corrected chi connectivity index (χ1v) is 4.18. The summed E-state index contributed by atoms with van der Waals surface area (Å²) in [4.78, 5) is 0. The van der Waals surface area contributed by atoms with E-state index < -0.39 is 13.4 Å².